The van der Waals surface area contributed by atoms with Crippen molar-refractivity contribution in [2.75, 3.05) is 26.3 Å². The lowest BCUT2D eigenvalue weighted by Gasteiger charge is -2.39. The summed E-state index contributed by atoms with van der Waals surface area (Å²) in [7, 11) is 0. The summed E-state index contributed by atoms with van der Waals surface area (Å²) < 4.78 is 11.8. The number of likely N-dealkylation sites (tertiary alicyclic amines) is 1. The second kappa shape index (κ2) is 7.78. The fraction of sp³-hybridized carbons (Fsp3) is 0.619. The van der Waals surface area contributed by atoms with Crippen LogP contribution in [-0.2, 0) is 9.53 Å². The Balaban J connectivity index is 1.26. The molecule has 0 radical (unpaired) electrons. The molecule has 2 aliphatic heterocycles. The predicted molar refractivity (Wildman–Crippen MR) is 98.9 cm³/mol. The monoisotopic (exact) mass is 356 g/mol. The Morgan fingerprint density at radius 1 is 1.31 bits per heavy atom. The smallest absolute Gasteiger partial charge is 0.249 e. The van der Waals surface area contributed by atoms with Crippen LogP contribution >= 0.6 is 0 Å². The standard InChI is InChI=1S/C21H28N2O3/c24-20(17-6-2-1-3-7-17)23-12-9-21(10-13-23)14-18(26-16-21)15-25-19-8-4-5-11-22-19/h4-6,8,11,18H,1-3,7,9-10,12-16H2/t18-/m0/s1. The molecule has 3 aliphatic rings. The number of hydrogen-bond acceptors (Lipinski definition) is 4. The van der Waals surface area contributed by atoms with Crippen molar-refractivity contribution in [1.29, 1.82) is 0 Å². The summed E-state index contributed by atoms with van der Waals surface area (Å²) in [6.07, 6.45) is 11.5. The van der Waals surface area contributed by atoms with Gasteiger partial charge in [-0.15, -0.1) is 0 Å². The average molecular weight is 356 g/mol. The number of piperidine rings is 1. The largest absolute Gasteiger partial charge is 0.475 e. The van der Waals surface area contributed by atoms with Crippen molar-refractivity contribution in [2.24, 2.45) is 5.41 Å². The number of amides is 1. The minimum atomic E-state index is 0.125. The Hall–Kier alpha value is -1.88. The summed E-state index contributed by atoms with van der Waals surface area (Å²) in [5.74, 6) is 0.923. The summed E-state index contributed by atoms with van der Waals surface area (Å²) in [6.45, 7) is 3.04. The fourth-order valence-corrected chi connectivity index (χ4v) is 4.38. The maximum absolute atomic E-state index is 12.7. The van der Waals surface area contributed by atoms with Crippen molar-refractivity contribution >= 4 is 5.91 Å². The minimum absolute atomic E-state index is 0.125. The number of rotatable bonds is 4. The lowest BCUT2D eigenvalue weighted by molar-refractivity contribution is -0.129. The molecule has 1 amide bonds. The molecule has 0 saturated carbocycles. The van der Waals surface area contributed by atoms with Crippen LogP contribution in [0, 0.1) is 5.41 Å². The number of allylic oxidation sites excluding steroid dienone is 1. The molecule has 0 N–H and O–H groups in total. The van der Waals surface area contributed by atoms with Gasteiger partial charge in [0, 0.05) is 30.9 Å². The molecule has 1 aromatic rings. The van der Waals surface area contributed by atoms with E-state index in [0.717, 1.165) is 63.8 Å². The highest BCUT2D eigenvalue weighted by atomic mass is 16.5. The van der Waals surface area contributed by atoms with Crippen LogP contribution in [0.4, 0.5) is 0 Å². The van der Waals surface area contributed by atoms with Gasteiger partial charge in [0.25, 0.3) is 0 Å². The average Bonchev–Trinajstić information content (AvgIpc) is 3.10. The topological polar surface area (TPSA) is 51.7 Å². The molecule has 1 aromatic heterocycles. The van der Waals surface area contributed by atoms with Gasteiger partial charge in [0.15, 0.2) is 0 Å². The van der Waals surface area contributed by atoms with Crippen molar-refractivity contribution in [2.45, 2.75) is 51.0 Å². The third-order valence-corrected chi connectivity index (χ3v) is 6.02. The number of hydrogen-bond donors (Lipinski definition) is 0. The predicted octanol–water partition coefficient (Wildman–Crippen LogP) is 3.36. The molecule has 3 heterocycles. The second-order valence-corrected chi connectivity index (χ2v) is 7.88. The Morgan fingerprint density at radius 2 is 2.19 bits per heavy atom. The van der Waals surface area contributed by atoms with Gasteiger partial charge in [0.2, 0.25) is 11.8 Å². The first-order valence-corrected chi connectivity index (χ1v) is 9.88. The number of ether oxygens (including phenoxy) is 2. The molecule has 1 atom stereocenters. The molecule has 0 unspecified atom stereocenters. The van der Waals surface area contributed by atoms with Crippen LogP contribution in [-0.4, -0.2) is 48.2 Å². The van der Waals surface area contributed by atoms with Crippen molar-refractivity contribution in [3.8, 4) is 5.88 Å². The highest BCUT2D eigenvalue weighted by Gasteiger charge is 2.43. The summed E-state index contributed by atoms with van der Waals surface area (Å²) >= 11 is 0. The molecule has 4 rings (SSSR count). The number of nitrogens with zero attached hydrogens (tertiary/aromatic N) is 2. The Morgan fingerprint density at radius 3 is 2.92 bits per heavy atom. The number of pyridine rings is 1. The number of aromatic nitrogens is 1. The van der Waals surface area contributed by atoms with Gasteiger partial charge >= 0.3 is 0 Å². The van der Waals surface area contributed by atoms with Crippen molar-refractivity contribution < 1.29 is 14.3 Å². The second-order valence-electron chi connectivity index (χ2n) is 7.88. The van der Waals surface area contributed by atoms with Crippen LogP contribution < -0.4 is 4.74 Å². The normalized spacial score (nSPS) is 25.2. The van der Waals surface area contributed by atoms with E-state index in [0.29, 0.717) is 12.5 Å². The lowest BCUT2D eigenvalue weighted by atomic mass is 9.76. The third-order valence-electron chi connectivity index (χ3n) is 6.02. The van der Waals surface area contributed by atoms with Crippen molar-refractivity contribution in [3.05, 3.63) is 36.0 Å². The quantitative estimate of drug-likeness (QED) is 0.830. The van der Waals surface area contributed by atoms with E-state index >= 15 is 0 Å². The molecule has 1 aliphatic carbocycles. The van der Waals surface area contributed by atoms with E-state index < -0.39 is 0 Å². The Bertz CT molecular complexity index is 650. The van der Waals surface area contributed by atoms with E-state index in [1.807, 2.05) is 18.2 Å². The molecule has 1 spiro atoms. The van der Waals surface area contributed by atoms with E-state index in [1.54, 1.807) is 6.20 Å². The molecule has 140 valence electrons. The van der Waals surface area contributed by atoms with E-state index in [-0.39, 0.29) is 17.4 Å². The molecule has 0 aromatic carbocycles. The fourth-order valence-electron chi connectivity index (χ4n) is 4.38. The first-order chi connectivity index (χ1) is 12.7. The number of carbonyl (C=O) groups is 1. The van der Waals surface area contributed by atoms with Gasteiger partial charge in [0.05, 0.1) is 12.7 Å². The van der Waals surface area contributed by atoms with Gasteiger partial charge in [-0.2, -0.15) is 0 Å². The van der Waals surface area contributed by atoms with Crippen LogP contribution in [0.3, 0.4) is 0 Å². The van der Waals surface area contributed by atoms with Crippen LogP contribution in [0.25, 0.3) is 0 Å². The SMILES string of the molecule is O=C(C1=CCCCC1)N1CCC2(CC1)CO[C@H](COc1ccccn1)C2. The highest BCUT2D eigenvalue weighted by Crippen LogP contribution is 2.42. The zero-order valence-corrected chi connectivity index (χ0v) is 15.4. The minimum Gasteiger partial charge on any atom is -0.475 e. The molecule has 2 fully saturated rings. The molecule has 5 heteroatoms. The van der Waals surface area contributed by atoms with Crippen LogP contribution in [0.2, 0.25) is 0 Å². The van der Waals surface area contributed by atoms with E-state index in [2.05, 4.69) is 16.0 Å². The molecule has 0 bridgehead atoms. The van der Waals surface area contributed by atoms with Gasteiger partial charge in [-0.25, -0.2) is 4.98 Å². The van der Waals surface area contributed by atoms with Crippen LogP contribution in [0.5, 0.6) is 5.88 Å². The summed E-state index contributed by atoms with van der Waals surface area (Å²) in [5, 5.41) is 0. The summed E-state index contributed by atoms with van der Waals surface area (Å²) in [5.41, 5.74) is 1.26. The lowest BCUT2D eigenvalue weighted by Crippen LogP contribution is -2.44. The first kappa shape index (κ1) is 17.5. The molecule has 5 nitrogen and oxygen atoms in total. The molecule has 2 saturated heterocycles. The Labute approximate surface area is 155 Å². The van der Waals surface area contributed by atoms with Gasteiger partial charge in [-0.1, -0.05) is 12.1 Å². The van der Waals surface area contributed by atoms with Gasteiger partial charge in [-0.3, -0.25) is 4.79 Å². The van der Waals surface area contributed by atoms with Gasteiger partial charge in [0.1, 0.15) is 6.61 Å². The molecular formula is C21H28N2O3. The maximum atomic E-state index is 12.7. The summed E-state index contributed by atoms with van der Waals surface area (Å²) in [6, 6.07) is 5.68. The van der Waals surface area contributed by atoms with E-state index in [1.165, 1.54) is 6.42 Å². The number of carbonyl (C=O) groups excluding carboxylic acids is 1. The summed E-state index contributed by atoms with van der Waals surface area (Å²) in [4.78, 5) is 18.9. The zero-order chi connectivity index (χ0) is 17.8. The molecule has 26 heavy (non-hydrogen) atoms. The van der Waals surface area contributed by atoms with Crippen molar-refractivity contribution in [3.63, 3.8) is 0 Å². The highest BCUT2D eigenvalue weighted by molar-refractivity contribution is 5.93. The van der Waals surface area contributed by atoms with Gasteiger partial charge in [-0.05, 0) is 56.4 Å². The van der Waals surface area contributed by atoms with Crippen LogP contribution in [0.1, 0.15) is 44.9 Å². The first-order valence-electron chi connectivity index (χ1n) is 9.88. The maximum Gasteiger partial charge on any atom is 0.249 e. The van der Waals surface area contributed by atoms with Gasteiger partial charge < -0.3 is 14.4 Å². The van der Waals surface area contributed by atoms with E-state index in [4.69, 9.17) is 9.47 Å². The van der Waals surface area contributed by atoms with Crippen LogP contribution in [0.15, 0.2) is 36.0 Å². The Kier molecular flexibility index (Phi) is 5.25. The molecular weight excluding hydrogens is 328 g/mol. The van der Waals surface area contributed by atoms with E-state index in [9.17, 15) is 4.79 Å². The van der Waals surface area contributed by atoms with Crippen molar-refractivity contribution in [1.82, 2.24) is 9.88 Å². The third kappa shape index (κ3) is 3.93. The zero-order valence-electron chi connectivity index (χ0n) is 15.4.